The summed E-state index contributed by atoms with van der Waals surface area (Å²) >= 11 is 0. The van der Waals surface area contributed by atoms with Gasteiger partial charge in [-0.25, -0.2) is 17.9 Å². The number of hydrogen-bond donors (Lipinski definition) is 2. The van der Waals surface area contributed by atoms with Crippen LogP contribution in [0, 0.1) is 0 Å². The average Bonchev–Trinajstić information content (AvgIpc) is 2.81. The molecule has 2 N–H and O–H groups in total. The molecule has 0 saturated heterocycles. The fourth-order valence-corrected chi connectivity index (χ4v) is 3.10. The van der Waals surface area contributed by atoms with E-state index in [1.54, 1.807) is 0 Å². The summed E-state index contributed by atoms with van der Waals surface area (Å²) < 4.78 is 26.6. The summed E-state index contributed by atoms with van der Waals surface area (Å²) in [6, 6.07) is 5.19. The Labute approximate surface area is 105 Å². The van der Waals surface area contributed by atoms with E-state index in [0.29, 0.717) is 12.8 Å². The zero-order valence-electron chi connectivity index (χ0n) is 9.54. The highest BCUT2D eigenvalue weighted by molar-refractivity contribution is 7.89. The smallest absolute Gasteiger partial charge is 0.335 e. The second kappa shape index (κ2) is 4.91. The van der Waals surface area contributed by atoms with Gasteiger partial charge in [0, 0.05) is 6.04 Å². The molecule has 0 atom stereocenters. The third-order valence-corrected chi connectivity index (χ3v) is 4.24. The van der Waals surface area contributed by atoms with E-state index in [9.17, 15) is 13.2 Å². The van der Waals surface area contributed by atoms with E-state index in [-0.39, 0.29) is 16.5 Å². The fraction of sp³-hybridized carbons (Fsp3) is 0.250. The molecule has 0 bridgehead atoms. The molecule has 0 amide bonds. The lowest BCUT2D eigenvalue weighted by Gasteiger charge is -2.12. The molecule has 0 radical (unpaired) electrons. The van der Waals surface area contributed by atoms with Crippen LogP contribution in [0.3, 0.4) is 0 Å². The van der Waals surface area contributed by atoms with Crippen molar-refractivity contribution in [3.8, 4) is 0 Å². The molecule has 0 saturated carbocycles. The highest BCUT2D eigenvalue weighted by atomic mass is 32.2. The first-order valence-electron chi connectivity index (χ1n) is 5.50. The van der Waals surface area contributed by atoms with Crippen LogP contribution in [0.5, 0.6) is 0 Å². The number of carboxylic acid groups (broad SMARTS) is 1. The molecule has 0 fully saturated rings. The van der Waals surface area contributed by atoms with Crippen molar-refractivity contribution in [1.29, 1.82) is 0 Å². The van der Waals surface area contributed by atoms with Gasteiger partial charge in [0.2, 0.25) is 10.0 Å². The minimum atomic E-state index is -3.65. The third kappa shape index (κ3) is 2.77. The van der Waals surface area contributed by atoms with Crippen LogP contribution in [0.2, 0.25) is 0 Å². The number of aromatic carboxylic acids is 1. The number of nitrogens with one attached hydrogen (secondary N) is 1. The molecule has 6 heteroatoms. The quantitative estimate of drug-likeness (QED) is 0.807. The van der Waals surface area contributed by atoms with Crippen molar-refractivity contribution in [2.24, 2.45) is 0 Å². The van der Waals surface area contributed by atoms with Gasteiger partial charge in [-0.2, -0.15) is 0 Å². The molecule has 0 unspecified atom stereocenters. The normalized spacial score (nSPS) is 16.0. The molecule has 1 aliphatic rings. The Kier molecular flexibility index (Phi) is 3.49. The van der Waals surface area contributed by atoms with Crippen LogP contribution in [0.1, 0.15) is 23.2 Å². The predicted molar refractivity (Wildman–Crippen MR) is 65.9 cm³/mol. The van der Waals surface area contributed by atoms with Gasteiger partial charge in [-0.3, -0.25) is 0 Å². The second-order valence-corrected chi connectivity index (χ2v) is 5.81. The fourth-order valence-electron chi connectivity index (χ4n) is 1.80. The summed E-state index contributed by atoms with van der Waals surface area (Å²) in [4.78, 5) is 10.8. The molecule has 96 valence electrons. The number of benzene rings is 1. The standard InChI is InChI=1S/C12H13NO4S/c14-12(15)9-4-3-7-11(8-9)18(16,17)13-10-5-1-2-6-10/h1-4,7-8,10,13H,5-6H2,(H,14,15). The Hall–Kier alpha value is -1.66. The lowest BCUT2D eigenvalue weighted by Crippen LogP contribution is -2.32. The van der Waals surface area contributed by atoms with Crippen molar-refractivity contribution in [2.75, 3.05) is 0 Å². The summed E-state index contributed by atoms with van der Waals surface area (Å²) in [6.07, 6.45) is 5.16. The van der Waals surface area contributed by atoms with Crippen molar-refractivity contribution in [2.45, 2.75) is 23.8 Å². The molecule has 0 heterocycles. The minimum absolute atomic E-state index is 0.0192. The Balaban J connectivity index is 2.23. The third-order valence-electron chi connectivity index (χ3n) is 2.72. The molecular formula is C12H13NO4S. The first-order chi connectivity index (χ1) is 8.49. The van der Waals surface area contributed by atoms with Gasteiger partial charge in [0.25, 0.3) is 0 Å². The second-order valence-electron chi connectivity index (χ2n) is 4.09. The van der Waals surface area contributed by atoms with Crippen LogP contribution in [-0.4, -0.2) is 25.5 Å². The largest absolute Gasteiger partial charge is 0.478 e. The Morgan fingerprint density at radius 2 is 1.94 bits per heavy atom. The van der Waals surface area contributed by atoms with Crippen molar-refractivity contribution in [1.82, 2.24) is 4.72 Å². The Bertz CT molecular complexity index is 584. The van der Waals surface area contributed by atoms with Gasteiger partial charge < -0.3 is 5.11 Å². The summed E-state index contributed by atoms with van der Waals surface area (Å²) in [5, 5.41) is 8.83. The van der Waals surface area contributed by atoms with Crippen molar-refractivity contribution in [3.05, 3.63) is 42.0 Å². The van der Waals surface area contributed by atoms with Gasteiger partial charge in [0.15, 0.2) is 0 Å². The van der Waals surface area contributed by atoms with E-state index in [0.717, 1.165) is 6.07 Å². The molecule has 2 rings (SSSR count). The number of carboxylic acids is 1. The van der Waals surface area contributed by atoms with Crippen LogP contribution in [-0.2, 0) is 10.0 Å². The zero-order valence-corrected chi connectivity index (χ0v) is 10.4. The van der Waals surface area contributed by atoms with E-state index in [2.05, 4.69) is 4.72 Å². The maximum absolute atomic E-state index is 12.0. The van der Waals surface area contributed by atoms with E-state index < -0.39 is 16.0 Å². The van der Waals surface area contributed by atoms with Crippen molar-refractivity contribution in [3.63, 3.8) is 0 Å². The Morgan fingerprint density at radius 1 is 1.28 bits per heavy atom. The topological polar surface area (TPSA) is 83.5 Å². The number of sulfonamides is 1. The maximum Gasteiger partial charge on any atom is 0.335 e. The van der Waals surface area contributed by atoms with Gasteiger partial charge in [0.05, 0.1) is 10.5 Å². The highest BCUT2D eigenvalue weighted by Gasteiger charge is 2.21. The molecule has 0 aromatic heterocycles. The summed E-state index contributed by atoms with van der Waals surface area (Å²) in [5.74, 6) is -1.14. The van der Waals surface area contributed by atoms with Gasteiger partial charge >= 0.3 is 5.97 Å². The molecular weight excluding hydrogens is 254 g/mol. The van der Waals surface area contributed by atoms with Crippen LogP contribution in [0.15, 0.2) is 41.3 Å². The van der Waals surface area contributed by atoms with Gasteiger partial charge in [-0.1, -0.05) is 18.2 Å². The van der Waals surface area contributed by atoms with Gasteiger partial charge in [-0.05, 0) is 31.0 Å². The molecule has 0 spiro atoms. The van der Waals surface area contributed by atoms with Gasteiger partial charge in [0.1, 0.15) is 0 Å². The highest BCUT2D eigenvalue weighted by Crippen LogP contribution is 2.16. The molecule has 1 aliphatic carbocycles. The number of carbonyl (C=O) groups is 1. The Morgan fingerprint density at radius 3 is 2.56 bits per heavy atom. The molecule has 18 heavy (non-hydrogen) atoms. The van der Waals surface area contributed by atoms with E-state index in [1.165, 1.54) is 18.2 Å². The number of hydrogen-bond acceptors (Lipinski definition) is 3. The van der Waals surface area contributed by atoms with Crippen molar-refractivity contribution < 1.29 is 18.3 Å². The zero-order chi connectivity index (χ0) is 13.2. The summed E-state index contributed by atoms with van der Waals surface area (Å²) in [5.41, 5.74) is -0.0394. The lowest BCUT2D eigenvalue weighted by atomic mass is 10.2. The predicted octanol–water partition coefficient (Wildman–Crippen LogP) is 1.38. The maximum atomic E-state index is 12.0. The lowest BCUT2D eigenvalue weighted by molar-refractivity contribution is 0.0696. The van der Waals surface area contributed by atoms with E-state index in [1.807, 2.05) is 12.2 Å². The first kappa shape index (κ1) is 12.8. The first-order valence-corrected chi connectivity index (χ1v) is 6.98. The molecule has 1 aromatic carbocycles. The molecule has 1 aromatic rings. The SMILES string of the molecule is O=C(O)c1cccc(S(=O)(=O)NC2CC=CC2)c1. The van der Waals surface area contributed by atoms with Crippen molar-refractivity contribution >= 4 is 16.0 Å². The molecule has 5 nitrogen and oxygen atoms in total. The van der Waals surface area contributed by atoms with Crippen LogP contribution in [0.25, 0.3) is 0 Å². The summed E-state index contributed by atoms with van der Waals surface area (Å²) in [6.45, 7) is 0. The van der Waals surface area contributed by atoms with E-state index in [4.69, 9.17) is 5.11 Å². The minimum Gasteiger partial charge on any atom is -0.478 e. The average molecular weight is 267 g/mol. The monoisotopic (exact) mass is 267 g/mol. The number of rotatable bonds is 4. The van der Waals surface area contributed by atoms with Crippen LogP contribution >= 0.6 is 0 Å². The van der Waals surface area contributed by atoms with Crippen LogP contribution < -0.4 is 4.72 Å². The van der Waals surface area contributed by atoms with Gasteiger partial charge in [-0.15, -0.1) is 0 Å². The molecule has 0 aliphatic heterocycles. The van der Waals surface area contributed by atoms with Crippen LogP contribution in [0.4, 0.5) is 0 Å². The summed E-state index contributed by atoms with van der Waals surface area (Å²) in [7, 11) is -3.65. The van der Waals surface area contributed by atoms with E-state index >= 15 is 0 Å².